The molecule has 3 aromatic rings. The second kappa shape index (κ2) is 9.04. The van der Waals surface area contributed by atoms with Gasteiger partial charge in [-0.15, -0.1) is 5.10 Å². The Morgan fingerprint density at radius 2 is 1.72 bits per heavy atom. The molecule has 1 fully saturated rings. The molecule has 12 heteroatoms. The zero-order valence-electron chi connectivity index (χ0n) is 16.1. The summed E-state index contributed by atoms with van der Waals surface area (Å²) in [4.78, 5) is 0. The fraction of sp³-hybridized carbons (Fsp3) is 0.300. The molecule has 0 saturated carbocycles. The maximum Gasteiger partial charge on any atom is 0.228 e. The fourth-order valence-corrected chi connectivity index (χ4v) is 3.51. The van der Waals surface area contributed by atoms with E-state index in [1.54, 1.807) is 12.1 Å². The molecule has 4 rings (SSSR count). The van der Waals surface area contributed by atoms with Crippen molar-refractivity contribution < 1.29 is 38.0 Å². The molecule has 8 nitrogen and oxygen atoms in total. The molecule has 5 atom stereocenters. The first-order valence-corrected chi connectivity index (χ1v) is 9.77. The third-order valence-electron chi connectivity index (χ3n) is 5.01. The molecular weight excluding hydrogens is 455 g/mol. The van der Waals surface area contributed by atoms with Crippen molar-refractivity contribution in [2.45, 2.75) is 30.6 Å². The smallest absolute Gasteiger partial charge is 0.228 e. The van der Waals surface area contributed by atoms with E-state index in [1.807, 2.05) is 0 Å². The molecule has 32 heavy (non-hydrogen) atoms. The van der Waals surface area contributed by atoms with E-state index in [1.165, 1.54) is 18.3 Å². The Hall–Kier alpha value is -2.70. The van der Waals surface area contributed by atoms with E-state index in [2.05, 4.69) is 10.3 Å². The molecule has 1 saturated heterocycles. The van der Waals surface area contributed by atoms with E-state index in [4.69, 9.17) is 21.1 Å². The summed E-state index contributed by atoms with van der Waals surface area (Å²) < 4.78 is 52.6. The van der Waals surface area contributed by atoms with Crippen molar-refractivity contribution in [2.24, 2.45) is 0 Å². The predicted octanol–water partition coefficient (Wildman–Crippen LogP) is 2.07. The molecule has 0 aliphatic carbocycles. The standard InChI is InChI=1S/C20H17ClF3N3O5/c21-10-1-3-11(4-2-10)31-20-19(30)17(18(29)15(8-28)32-20)27-7-14(25-26-27)9-5-12(22)16(24)13(23)6-9/h1-7,15,17-20,28-30H,8H2/t15?,17?,18-,19?,20-/m0/s1. The summed E-state index contributed by atoms with van der Waals surface area (Å²) in [6.45, 7) is -0.596. The van der Waals surface area contributed by atoms with Gasteiger partial charge in [0.15, 0.2) is 17.5 Å². The number of hydrogen-bond acceptors (Lipinski definition) is 7. The van der Waals surface area contributed by atoms with Crippen molar-refractivity contribution in [1.82, 2.24) is 15.0 Å². The molecule has 0 radical (unpaired) electrons. The van der Waals surface area contributed by atoms with Crippen LogP contribution in [0.3, 0.4) is 0 Å². The van der Waals surface area contributed by atoms with Crippen LogP contribution >= 0.6 is 11.6 Å². The van der Waals surface area contributed by atoms with Crippen molar-refractivity contribution in [3.8, 4) is 17.0 Å². The average Bonchev–Trinajstić information content (AvgIpc) is 3.25. The van der Waals surface area contributed by atoms with Crippen molar-refractivity contribution in [3.05, 3.63) is 65.1 Å². The maximum absolute atomic E-state index is 13.6. The summed E-state index contributed by atoms with van der Waals surface area (Å²) in [6, 6.07) is 6.49. The number of ether oxygens (including phenoxy) is 2. The van der Waals surface area contributed by atoms with Gasteiger partial charge in [0.25, 0.3) is 0 Å². The van der Waals surface area contributed by atoms with Crippen LogP contribution in [-0.2, 0) is 4.74 Å². The lowest BCUT2D eigenvalue weighted by atomic mass is 9.96. The molecule has 1 aliphatic heterocycles. The maximum atomic E-state index is 13.6. The van der Waals surface area contributed by atoms with E-state index in [0.29, 0.717) is 10.8 Å². The largest absolute Gasteiger partial charge is 0.462 e. The van der Waals surface area contributed by atoms with Crippen molar-refractivity contribution >= 4 is 11.6 Å². The van der Waals surface area contributed by atoms with Crippen LogP contribution in [0.5, 0.6) is 5.75 Å². The Balaban J connectivity index is 1.63. The Morgan fingerprint density at radius 3 is 2.34 bits per heavy atom. The van der Waals surface area contributed by atoms with E-state index < -0.39 is 54.7 Å². The van der Waals surface area contributed by atoms with Gasteiger partial charge in [-0.05, 0) is 36.4 Å². The minimum absolute atomic E-state index is 0.0376. The normalized spacial score (nSPS) is 25.7. The van der Waals surface area contributed by atoms with Gasteiger partial charge in [0, 0.05) is 10.6 Å². The monoisotopic (exact) mass is 471 g/mol. The van der Waals surface area contributed by atoms with E-state index in [-0.39, 0.29) is 11.3 Å². The fourth-order valence-electron chi connectivity index (χ4n) is 3.38. The lowest BCUT2D eigenvalue weighted by Crippen LogP contribution is -2.57. The van der Waals surface area contributed by atoms with Gasteiger partial charge in [0.2, 0.25) is 6.29 Å². The molecule has 3 unspecified atom stereocenters. The molecule has 3 N–H and O–H groups in total. The highest BCUT2D eigenvalue weighted by Crippen LogP contribution is 2.32. The van der Waals surface area contributed by atoms with Crippen molar-refractivity contribution in [3.63, 3.8) is 0 Å². The third kappa shape index (κ3) is 4.30. The highest BCUT2D eigenvalue weighted by atomic mass is 35.5. The van der Waals surface area contributed by atoms with Crippen LogP contribution in [0.1, 0.15) is 6.04 Å². The molecule has 0 amide bonds. The molecule has 170 valence electrons. The first-order chi connectivity index (χ1) is 15.3. The van der Waals surface area contributed by atoms with Gasteiger partial charge in [0.05, 0.1) is 12.8 Å². The molecule has 0 spiro atoms. The molecule has 0 bridgehead atoms. The Kier molecular flexibility index (Phi) is 6.35. The summed E-state index contributed by atoms with van der Waals surface area (Å²) >= 11 is 5.84. The van der Waals surface area contributed by atoms with Gasteiger partial charge in [-0.3, -0.25) is 0 Å². The summed E-state index contributed by atoms with van der Waals surface area (Å²) in [7, 11) is 0. The Morgan fingerprint density at radius 1 is 1.06 bits per heavy atom. The average molecular weight is 472 g/mol. The number of hydrogen-bond donors (Lipinski definition) is 3. The van der Waals surface area contributed by atoms with Crippen LogP contribution < -0.4 is 4.74 Å². The lowest BCUT2D eigenvalue weighted by molar-refractivity contribution is -0.260. The minimum atomic E-state index is -1.62. The van der Waals surface area contributed by atoms with Gasteiger partial charge >= 0.3 is 0 Å². The van der Waals surface area contributed by atoms with Crippen molar-refractivity contribution in [1.29, 1.82) is 0 Å². The minimum Gasteiger partial charge on any atom is -0.462 e. The first kappa shape index (κ1) is 22.5. The highest BCUT2D eigenvalue weighted by molar-refractivity contribution is 6.30. The predicted molar refractivity (Wildman–Crippen MR) is 104 cm³/mol. The van der Waals surface area contributed by atoms with Gasteiger partial charge in [-0.25, -0.2) is 17.9 Å². The van der Waals surface area contributed by atoms with E-state index >= 15 is 0 Å². The summed E-state index contributed by atoms with van der Waals surface area (Å²) in [5.41, 5.74) is -0.138. The van der Waals surface area contributed by atoms with Gasteiger partial charge in [-0.2, -0.15) is 0 Å². The number of aliphatic hydroxyl groups excluding tert-OH is 3. The molecule has 2 aromatic carbocycles. The molecule has 2 heterocycles. The quantitative estimate of drug-likeness (QED) is 0.489. The van der Waals surface area contributed by atoms with Crippen LogP contribution in [0.4, 0.5) is 13.2 Å². The number of benzene rings is 2. The first-order valence-electron chi connectivity index (χ1n) is 9.40. The van der Waals surface area contributed by atoms with Crippen molar-refractivity contribution in [2.75, 3.05) is 6.61 Å². The van der Waals surface area contributed by atoms with Crippen LogP contribution in [0.25, 0.3) is 11.3 Å². The highest BCUT2D eigenvalue weighted by Gasteiger charge is 2.47. The van der Waals surface area contributed by atoms with Crippen LogP contribution in [0.2, 0.25) is 5.02 Å². The Labute approximate surface area is 184 Å². The second-order valence-corrected chi connectivity index (χ2v) is 7.54. The molecule has 1 aromatic heterocycles. The SMILES string of the molecule is OCC1O[C@H](Oc2ccc(Cl)cc2)C(O)C(n2cc(-c3cc(F)c(F)c(F)c3)nn2)[C@H]1O. The number of rotatable bonds is 5. The van der Waals surface area contributed by atoms with E-state index in [0.717, 1.165) is 16.8 Å². The lowest BCUT2D eigenvalue weighted by Gasteiger charge is -2.41. The van der Waals surface area contributed by atoms with Crippen LogP contribution in [-0.4, -0.2) is 61.5 Å². The van der Waals surface area contributed by atoms with E-state index in [9.17, 15) is 28.5 Å². The van der Waals surface area contributed by atoms with Gasteiger partial charge < -0.3 is 24.8 Å². The van der Waals surface area contributed by atoms with Crippen LogP contribution in [0.15, 0.2) is 42.6 Å². The molecule has 1 aliphatic rings. The topological polar surface area (TPSA) is 110 Å². The van der Waals surface area contributed by atoms with Crippen LogP contribution in [0, 0.1) is 17.5 Å². The van der Waals surface area contributed by atoms with Gasteiger partial charge in [-0.1, -0.05) is 16.8 Å². The zero-order valence-corrected chi connectivity index (χ0v) is 16.9. The third-order valence-corrected chi connectivity index (χ3v) is 5.26. The zero-order chi connectivity index (χ0) is 23.0. The number of halogens is 4. The summed E-state index contributed by atoms with van der Waals surface area (Å²) in [6.07, 6.45) is -4.16. The number of aliphatic hydroxyl groups is 3. The number of nitrogens with zero attached hydrogens (tertiary/aromatic N) is 3. The number of aromatic nitrogens is 3. The van der Waals surface area contributed by atoms with Gasteiger partial charge in [0.1, 0.15) is 35.8 Å². The second-order valence-electron chi connectivity index (χ2n) is 7.11. The Bertz CT molecular complexity index is 1080. The molecular formula is C20H17ClF3N3O5. The summed E-state index contributed by atoms with van der Waals surface area (Å²) in [5.74, 6) is -4.12. The summed E-state index contributed by atoms with van der Waals surface area (Å²) in [5, 5.41) is 39.1.